The van der Waals surface area contributed by atoms with Crippen molar-refractivity contribution in [2.75, 3.05) is 0 Å². The summed E-state index contributed by atoms with van der Waals surface area (Å²) in [6.07, 6.45) is 1.95. The summed E-state index contributed by atoms with van der Waals surface area (Å²) in [6.45, 7) is 3.33. The highest BCUT2D eigenvalue weighted by molar-refractivity contribution is 6.30. The topological polar surface area (TPSA) is 26.3 Å². The van der Waals surface area contributed by atoms with Gasteiger partial charge in [0, 0.05) is 5.02 Å². The van der Waals surface area contributed by atoms with Crippen molar-refractivity contribution < 1.29 is 9.53 Å². The minimum atomic E-state index is 0.402. The molecule has 0 amide bonds. The van der Waals surface area contributed by atoms with E-state index in [-0.39, 0.29) is 0 Å². The van der Waals surface area contributed by atoms with Crippen LogP contribution in [-0.2, 0) is 0 Å². The summed E-state index contributed by atoms with van der Waals surface area (Å²) >= 11 is 5.68. The fourth-order valence-electron chi connectivity index (χ4n) is 0.824. The van der Waals surface area contributed by atoms with Gasteiger partial charge >= 0.3 is 0 Å². The number of aldehydes is 1. The molecule has 0 fully saturated rings. The van der Waals surface area contributed by atoms with Crippen molar-refractivity contribution in [1.29, 1.82) is 0 Å². The zero-order valence-electron chi connectivity index (χ0n) is 6.79. The van der Waals surface area contributed by atoms with Gasteiger partial charge in [-0.15, -0.1) is 0 Å². The predicted octanol–water partition coefficient (Wildman–Crippen LogP) is 2.83. The zero-order chi connectivity index (χ0) is 9.68. The van der Waals surface area contributed by atoms with Crippen LogP contribution in [0.25, 0.3) is 0 Å². The van der Waals surface area contributed by atoms with Crippen molar-refractivity contribution in [2.24, 2.45) is 0 Å². The monoisotopic (exact) mass is 194 g/mol. The van der Waals surface area contributed by atoms with E-state index >= 15 is 0 Å². The molecule has 66 valence electrons. The van der Waals surface area contributed by atoms with Gasteiger partial charge in [0.05, 0.1) is 5.56 Å². The molecule has 0 heterocycles. The van der Waals surface area contributed by atoms with Crippen LogP contribution >= 0.6 is 11.6 Å². The summed E-state index contributed by atoms with van der Waals surface area (Å²) in [5, 5.41) is 0.497. The molecule has 0 radical (unpaired) electrons. The molecule has 0 spiro atoms. The molecule has 0 saturated carbocycles. The minimum Gasteiger partial charge on any atom is -0.456 e. The lowest BCUT2D eigenvalue weighted by Gasteiger charge is -2.01. The third kappa shape index (κ3) is 2.48. The van der Waals surface area contributed by atoms with Gasteiger partial charge in [0.25, 0.3) is 0 Å². The first kappa shape index (κ1) is 9.59. The van der Waals surface area contributed by atoms with Crippen LogP contribution in [0.2, 0.25) is 5.02 Å². The third-order valence-corrected chi connectivity index (χ3v) is 1.60. The summed E-state index contributed by atoms with van der Waals surface area (Å²) in [6, 6.07) is 4.78. The molecule has 1 aromatic carbocycles. The molecule has 1 rings (SSSR count). The normalized spacial score (nSPS) is 8.69. The molecule has 0 bridgehead atoms. The van der Waals surface area contributed by atoms with E-state index in [1.807, 2.05) is 0 Å². The molecule has 1 aromatic rings. The molecular formula is C10H7ClO2. The van der Waals surface area contributed by atoms with Crippen LogP contribution < -0.4 is 4.74 Å². The molecule has 0 aliphatic carbocycles. The average Bonchev–Trinajstić information content (AvgIpc) is 2.16. The maximum atomic E-state index is 10.6. The van der Waals surface area contributed by atoms with Gasteiger partial charge < -0.3 is 4.74 Å². The Morgan fingerprint density at radius 3 is 2.92 bits per heavy atom. The van der Waals surface area contributed by atoms with Crippen LogP contribution in [0.15, 0.2) is 36.8 Å². The minimum absolute atomic E-state index is 0.402. The Labute approximate surface area is 81.1 Å². The van der Waals surface area contributed by atoms with Crippen LogP contribution in [0.1, 0.15) is 10.4 Å². The lowest BCUT2D eigenvalue weighted by Crippen LogP contribution is -1.88. The summed E-state index contributed by atoms with van der Waals surface area (Å²) in [5.74, 6) is 0.440. The molecule has 2 nitrogen and oxygen atoms in total. The van der Waals surface area contributed by atoms with Crippen molar-refractivity contribution >= 4 is 17.9 Å². The van der Waals surface area contributed by atoms with E-state index in [1.54, 1.807) is 12.1 Å². The molecule has 0 N–H and O–H groups in total. The number of ether oxygens (including phenoxy) is 1. The lowest BCUT2D eigenvalue weighted by molar-refractivity contribution is 0.112. The van der Waals surface area contributed by atoms with E-state index < -0.39 is 0 Å². The Bertz CT molecular complexity index is 365. The SMILES string of the molecule is C=C=COc1ccc(Cl)cc1C=O. The molecule has 0 saturated heterocycles. The number of halogens is 1. The van der Waals surface area contributed by atoms with Gasteiger partial charge in [0.1, 0.15) is 12.0 Å². The maximum Gasteiger partial charge on any atom is 0.153 e. The lowest BCUT2D eigenvalue weighted by atomic mass is 10.2. The third-order valence-electron chi connectivity index (χ3n) is 1.37. The van der Waals surface area contributed by atoms with Gasteiger partial charge in [-0.1, -0.05) is 23.9 Å². The Balaban J connectivity index is 3.05. The first-order valence-corrected chi connectivity index (χ1v) is 3.91. The molecular weight excluding hydrogens is 188 g/mol. The fourth-order valence-corrected chi connectivity index (χ4v) is 1.00. The predicted molar refractivity (Wildman–Crippen MR) is 51.2 cm³/mol. The van der Waals surface area contributed by atoms with Gasteiger partial charge in [0.2, 0.25) is 0 Å². The van der Waals surface area contributed by atoms with Crippen molar-refractivity contribution in [1.82, 2.24) is 0 Å². The van der Waals surface area contributed by atoms with Crippen LogP contribution in [0.3, 0.4) is 0 Å². The van der Waals surface area contributed by atoms with Gasteiger partial charge in [-0.2, -0.15) is 0 Å². The Morgan fingerprint density at radius 1 is 1.54 bits per heavy atom. The van der Waals surface area contributed by atoms with Crippen LogP contribution in [0, 0.1) is 0 Å². The number of carbonyl (C=O) groups excluding carboxylic acids is 1. The standard InChI is InChI=1S/C10H7ClO2/c1-2-5-13-10-4-3-9(11)6-8(10)7-12/h3-7H,1H2. The summed E-state index contributed by atoms with van der Waals surface area (Å²) in [5.41, 5.74) is 2.84. The van der Waals surface area contributed by atoms with Crippen molar-refractivity contribution in [3.8, 4) is 5.75 Å². The zero-order valence-corrected chi connectivity index (χ0v) is 7.54. The van der Waals surface area contributed by atoms with E-state index in [0.29, 0.717) is 22.6 Å². The fraction of sp³-hybridized carbons (Fsp3) is 0. The maximum absolute atomic E-state index is 10.6. The largest absolute Gasteiger partial charge is 0.456 e. The first-order chi connectivity index (χ1) is 6.27. The Hall–Kier alpha value is -1.50. The van der Waals surface area contributed by atoms with E-state index in [2.05, 4.69) is 12.3 Å². The average molecular weight is 195 g/mol. The number of carbonyl (C=O) groups is 1. The Kier molecular flexibility index (Phi) is 3.32. The summed E-state index contributed by atoms with van der Waals surface area (Å²) < 4.78 is 5.04. The van der Waals surface area contributed by atoms with E-state index in [0.717, 1.165) is 0 Å². The molecule has 3 heteroatoms. The van der Waals surface area contributed by atoms with Crippen LogP contribution in [-0.4, -0.2) is 6.29 Å². The van der Waals surface area contributed by atoms with Crippen LogP contribution in [0.5, 0.6) is 5.75 Å². The van der Waals surface area contributed by atoms with Gasteiger partial charge in [-0.3, -0.25) is 4.79 Å². The van der Waals surface area contributed by atoms with E-state index in [1.165, 1.54) is 12.3 Å². The van der Waals surface area contributed by atoms with Crippen molar-refractivity contribution in [2.45, 2.75) is 0 Å². The number of rotatable bonds is 3. The van der Waals surface area contributed by atoms with Gasteiger partial charge in [0.15, 0.2) is 6.29 Å². The number of benzene rings is 1. The second kappa shape index (κ2) is 4.51. The molecule has 0 unspecified atom stereocenters. The number of hydrogen-bond acceptors (Lipinski definition) is 2. The number of hydrogen-bond donors (Lipinski definition) is 0. The van der Waals surface area contributed by atoms with E-state index in [9.17, 15) is 4.79 Å². The highest BCUT2D eigenvalue weighted by atomic mass is 35.5. The van der Waals surface area contributed by atoms with Gasteiger partial charge in [-0.25, -0.2) is 0 Å². The van der Waals surface area contributed by atoms with Crippen molar-refractivity contribution in [3.63, 3.8) is 0 Å². The Morgan fingerprint density at radius 2 is 2.31 bits per heavy atom. The van der Waals surface area contributed by atoms with Crippen molar-refractivity contribution in [3.05, 3.63) is 47.4 Å². The molecule has 13 heavy (non-hydrogen) atoms. The van der Waals surface area contributed by atoms with Gasteiger partial charge in [-0.05, 0) is 18.2 Å². The quantitative estimate of drug-likeness (QED) is 0.420. The summed E-state index contributed by atoms with van der Waals surface area (Å²) in [7, 11) is 0. The van der Waals surface area contributed by atoms with E-state index in [4.69, 9.17) is 16.3 Å². The summed E-state index contributed by atoms with van der Waals surface area (Å²) in [4.78, 5) is 10.6. The smallest absolute Gasteiger partial charge is 0.153 e. The molecule has 0 aliphatic rings. The highest BCUT2D eigenvalue weighted by Gasteiger charge is 2.01. The molecule has 0 aliphatic heterocycles. The molecule has 0 aromatic heterocycles. The highest BCUT2D eigenvalue weighted by Crippen LogP contribution is 2.21. The van der Waals surface area contributed by atoms with Crippen LogP contribution in [0.4, 0.5) is 0 Å². The second-order valence-electron chi connectivity index (χ2n) is 2.24. The second-order valence-corrected chi connectivity index (χ2v) is 2.68. The molecule has 0 atom stereocenters. The first-order valence-electron chi connectivity index (χ1n) is 3.53.